The van der Waals surface area contributed by atoms with Gasteiger partial charge in [0.2, 0.25) is 0 Å². The van der Waals surface area contributed by atoms with Crippen LogP contribution in [0.3, 0.4) is 0 Å². The topological polar surface area (TPSA) is 91.5 Å². The number of hydrogen-bond donors (Lipinski definition) is 0. The van der Waals surface area contributed by atoms with E-state index in [1.807, 2.05) is 41.0 Å². The average Bonchev–Trinajstić information content (AvgIpc) is 3.19. The summed E-state index contributed by atoms with van der Waals surface area (Å²) in [6.07, 6.45) is 6.19. The van der Waals surface area contributed by atoms with Gasteiger partial charge in [0.1, 0.15) is 0 Å². The monoisotopic (exact) mass is 610 g/mol. The second-order valence-corrected chi connectivity index (χ2v) is 6.89. The van der Waals surface area contributed by atoms with Gasteiger partial charge >= 0.3 is 27.1 Å². The third kappa shape index (κ3) is 3.85. The first kappa shape index (κ1) is 20.8. The molecule has 0 bridgehead atoms. The molecule has 3 heterocycles. The van der Waals surface area contributed by atoms with Gasteiger partial charge in [0, 0.05) is 11.3 Å². The van der Waals surface area contributed by atoms with E-state index in [-0.39, 0.29) is 27.1 Å². The molecule has 0 saturated heterocycles. The molecule has 0 fully saturated rings. The molecule has 0 spiro atoms. The molecule has 6 aromatic rings. The average molecular weight is 610 g/mol. The molecule has 8 nitrogen and oxygen atoms in total. The first-order chi connectivity index (χ1) is 15.9. The Kier molecular flexibility index (Phi) is 5.58. The summed E-state index contributed by atoms with van der Waals surface area (Å²) in [6, 6.07) is 24.8. The van der Waals surface area contributed by atoms with Crippen molar-refractivity contribution in [2.75, 3.05) is 0 Å². The van der Waals surface area contributed by atoms with E-state index in [9.17, 15) is 0 Å². The zero-order valence-electron chi connectivity index (χ0n) is 16.9. The molecule has 0 aliphatic rings. The maximum absolute atomic E-state index is 5.68. The van der Waals surface area contributed by atoms with E-state index in [0.29, 0.717) is 11.7 Å². The number of ether oxygens (including phenoxy) is 1. The molecule has 0 N–H and O–H groups in total. The summed E-state index contributed by atoms with van der Waals surface area (Å²) in [5.41, 5.74) is 3.51. The van der Waals surface area contributed by atoms with Crippen molar-refractivity contribution in [3.63, 3.8) is 0 Å². The van der Waals surface area contributed by atoms with E-state index in [4.69, 9.17) is 4.74 Å². The fraction of sp³-hybridized carbons (Fsp3) is 0. The first-order valence-electron chi connectivity index (χ1n) is 9.81. The van der Waals surface area contributed by atoms with Crippen LogP contribution in [-0.4, -0.2) is 34.9 Å². The van der Waals surface area contributed by atoms with E-state index in [1.54, 1.807) is 18.5 Å². The van der Waals surface area contributed by atoms with E-state index < -0.39 is 0 Å². The Morgan fingerprint density at radius 3 is 2.33 bits per heavy atom. The molecule has 3 aromatic heterocycles. The zero-order valence-corrected chi connectivity index (χ0v) is 19.1. The van der Waals surface area contributed by atoms with Gasteiger partial charge in [-0.05, 0) is 17.0 Å². The summed E-state index contributed by atoms with van der Waals surface area (Å²) >= 11 is 0. The fourth-order valence-electron chi connectivity index (χ4n) is 3.65. The van der Waals surface area contributed by atoms with Gasteiger partial charge in [-0.1, -0.05) is 28.7 Å². The van der Waals surface area contributed by atoms with Crippen molar-refractivity contribution in [3.8, 4) is 28.8 Å². The maximum Gasteiger partial charge on any atom is 2.00 e. The van der Waals surface area contributed by atoms with Gasteiger partial charge in [-0.2, -0.15) is 34.5 Å². The maximum atomic E-state index is 5.68. The second-order valence-electron chi connectivity index (χ2n) is 6.89. The number of rotatable bonds is 4. The van der Waals surface area contributed by atoms with Crippen LogP contribution in [0.15, 0.2) is 79.4 Å². The molecule has 3 aromatic carbocycles. The van der Waals surface area contributed by atoms with E-state index >= 15 is 0 Å². The Bertz CT molecular complexity index is 1560. The molecule has 0 unspecified atom stereocenters. The van der Waals surface area contributed by atoms with Crippen LogP contribution in [0.2, 0.25) is 0 Å². The number of nitrogens with zero attached hydrogens (tertiary/aromatic N) is 7. The predicted molar refractivity (Wildman–Crippen MR) is 117 cm³/mol. The van der Waals surface area contributed by atoms with E-state index in [1.165, 1.54) is 12.4 Å². The standard InChI is InChI=1S/C24H13N7O.Pt/c1-2-7-21-19(6-1)20-9-8-17(15-22(20)31(21)23-25-10-12-27-29-23)16-4-3-5-18(14-16)32-24-26-11-13-28-30-24;/h1-13H;/q-2;+2. The van der Waals surface area contributed by atoms with Crippen molar-refractivity contribution in [1.29, 1.82) is 0 Å². The van der Waals surface area contributed by atoms with Gasteiger partial charge in [-0.25, -0.2) is 21.1 Å². The van der Waals surface area contributed by atoms with Gasteiger partial charge < -0.3 is 4.74 Å². The van der Waals surface area contributed by atoms with Crippen LogP contribution in [0.1, 0.15) is 0 Å². The van der Waals surface area contributed by atoms with E-state index in [0.717, 1.165) is 32.9 Å². The van der Waals surface area contributed by atoms with E-state index in [2.05, 4.69) is 54.6 Å². The van der Waals surface area contributed by atoms with Crippen molar-refractivity contribution >= 4 is 21.8 Å². The van der Waals surface area contributed by atoms with Gasteiger partial charge in [0.15, 0.2) is 0 Å². The summed E-state index contributed by atoms with van der Waals surface area (Å²) in [5.74, 6) is 0.974. The SMILES string of the molecule is [Pt+2].[c-]1c(Oc2nccnn2)cccc1-c1[c-]c2c(cc1)c1ccccc1n2-c1nccnn1. The van der Waals surface area contributed by atoms with Crippen molar-refractivity contribution < 1.29 is 25.8 Å². The molecule has 0 aliphatic carbocycles. The fourth-order valence-corrected chi connectivity index (χ4v) is 3.65. The number of para-hydroxylation sites is 1. The van der Waals surface area contributed by atoms with Crippen LogP contribution >= 0.6 is 0 Å². The van der Waals surface area contributed by atoms with Gasteiger partial charge in [-0.3, -0.25) is 4.57 Å². The Labute approximate surface area is 202 Å². The predicted octanol–water partition coefficient (Wildman–Crippen LogP) is 4.21. The van der Waals surface area contributed by atoms with Crippen molar-refractivity contribution in [2.45, 2.75) is 0 Å². The summed E-state index contributed by atoms with van der Waals surface area (Å²) in [7, 11) is 0. The number of fused-ring (bicyclic) bond motifs is 3. The summed E-state index contributed by atoms with van der Waals surface area (Å²) < 4.78 is 7.64. The molecule has 6 rings (SSSR count). The molecule has 160 valence electrons. The number of hydrogen-bond acceptors (Lipinski definition) is 7. The van der Waals surface area contributed by atoms with Crippen LogP contribution in [0.25, 0.3) is 38.9 Å². The van der Waals surface area contributed by atoms with Gasteiger partial charge in [0.25, 0.3) is 5.95 Å². The van der Waals surface area contributed by atoms with Gasteiger partial charge in [0.05, 0.1) is 24.8 Å². The van der Waals surface area contributed by atoms with Crippen molar-refractivity contribution in [2.24, 2.45) is 0 Å². The summed E-state index contributed by atoms with van der Waals surface area (Å²) in [6.45, 7) is 0. The molecule has 0 radical (unpaired) electrons. The minimum atomic E-state index is 0. The van der Waals surface area contributed by atoms with Crippen LogP contribution in [0.4, 0.5) is 0 Å². The minimum absolute atomic E-state index is 0. The molecule has 9 heteroatoms. The smallest absolute Gasteiger partial charge is 0.445 e. The molecule has 0 aliphatic heterocycles. The summed E-state index contributed by atoms with van der Waals surface area (Å²) in [5, 5.41) is 18.0. The number of aromatic nitrogens is 7. The minimum Gasteiger partial charge on any atom is -0.445 e. The third-order valence-corrected chi connectivity index (χ3v) is 4.98. The molecule has 0 saturated carbocycles. The van der Waals surface area contributed by atoms with Crippen LogP contribution in [0.5, 0.6) is 11.8 Å². The molecule has 0 atom stereocenters. The molecular weight excluding hydrogens is 597 g/mol. The Hall–Kier alpha value is -4.03. The summed E-state index contributed by atoms with van der Waals surface area (Å²) in [4.78, 5) is 8.45. The van der Waals surface area contributed by atoms with Crippen molar-refractivity contribution in [3.05, 3.63) is 91.5 Å². The molecule has 33 heavy (non-hydrogen) atoms. The van der Waals surface area contributed by atoms with Gasteiger partial charge in [-0.15, -0.1) is 23.3 Å². The number of benzene rings is 3. The largest absolute Gasteiger partial charge is 2.00 e. The molecular formula is C24H13N7OPt. The van der Waals surface area contributed by atoms with Crippen LogP contribution in [-0.2, 0) is 21.1 Å². The third-order valence-electron chi connectivity index (χ3n) is 4.98. The molecule has 0 amide bonds. The normalized spacial score (nSPS) is 10.8. The second kappa shape index (κ2) is 8.84. The Morgan fingerprint density at radius 2 is 1.52 bits per heavy atom. The van der Waals surface area contributed by atoms with Crippen LogP contribution < -0.4 is 4.74 Å². The first-order valence-corrected chi connectivity index (χ1v) is 9.81. The van der Waals surface area contributed by atoms with Crippen LogP contribution in [0, 0.1) is 12.1 Å². The zero-order chi connectivity index (χ0) is 21.3. The Balaban J connectivity index is 0.00000228. The van der Waals surface area contributed by atoms with Crippen molar-refractivity contribution in [1.82, 2.24) is 34.9 Å². The quantitative estimate of drug-likeness (QED) is 0.276. The Morgan fingerprint density at radius 1 is 0.697 bits per heavy atom.